The number of hydrogen-bond acceptors (Lipinski definition) is 6. The number of nitro groups is 1. The molecule has 24 heavy (non-hydrogen) atoms. The summed E-state index contributed by atoms with van der Waals surface area (Å²) in [6.07, 6.45) is 0.567. The summed E-state index contributed by atoms with van der Waals surface area (Å²) in [5.41, 5.74) is -0.618. The van der Waals surface area contributed by atoms with Gasteiger partial charge in [0, 0.05) is 17.7 Å². The molecule has 0 saturated heterocycles. The van der Waals surface area contributed by atoms with Gasteiger partial charge in [-0.15, -0.1) is 0 Å². The molecule has 0 saturated carbocycles. The monoisotopic (exact) mass is 339 g/mol. The quantitative estimate of drug-likeness (QED) is 0.601. The summed E-state index contributed by atoms with van der Waals surface area (Å²) in [6, 6.07) is 1.37. The van der Waals surface area contributed by atoms with Gasteiger partial charge in [0.05, 0.1) is 4.92 Å². The Labute approximate surface area is 139 Å². The Morgan fingerprint density at radius 2 is 2.04 bits per heavy atom. The second kappa shape index (κ2) is 7.71. The van der Waals surface area contributed by atoms with Gasteiger partial charge in [0.25, 0.3) is 5.69 Å². The topological polar surface area (TPSA) is 132 Å². The molecule has 132 valence electrons. The van der Waals surface area contributed by atoms with E-state index in [0.717, 1.165) is 6.20 Å². The van der Waals surface area contributed by atoms with Crippen LogP contribution in [0.25, 0.3) is 0 Å². The van der Waals surface area contributed by atoms with E-state index < -0.39 is 34.5 Å². The van der Waals surface area contributed by atoms with Crippen LogP contribution in [0.3, 0.4) is 0 Å². The third-order valence-electron chi connectivity index (χ3n) is 3.14. The van der Waals surface area contributed by atoms with Crippen LogP contribution in [-0.4, -0.2) is 38.7 Å². The maximum atomic E-state index is 11.9. The second-order valence-electron chi connectivity index (χ2n) is 6.18. The first-order chi connectivity index (χ1) is 11.0. The largest absolute Gasteiger partial charge is 0.480 e. The maximum absolute atomic E-state index is 11.9. The summed E-state index contributed by atoms with van der Waals surface area (Å²) in [5, 5.41) is 22.4. The molecule has 1 aromatic heterocycles. The zero-order valence-corrected chi connectivity index (χ0v) is 14.0. The third-order valence-corrected chi connectivity index (χ3v) is 3.14. The molecular formula is C15H21N3O6. The molecule has 0 radical (unpaired) electrons. The molecule has 0 aliphatic heterocycles. The van der Waals surface area contributed by atoms with Gasteiger partial charge in [0.15, 0.2) is 0 Å². The number of alkyl carbamates (subject to hydrolysis) is 1. The number of rotatable bonds is 6. The lowest BCUT2D eigenvalue weighted by Gasteiger charge is -2.26. The van der Waals surface area contributed by atoms with E-state index in [1.54, 1.807) is 27.7 Å². The van der Waals surface area contributed by atoms with Gasteiger partial charge in [-0.25, -0.2) is 9.59 Å². The van der Waals surface area contributed by atoms with Gasteiger partial charge in [-0.1, -0.05) is 6.92 Å². The summed E-state index contributed by atoms with van der Waals surface area (Å²) in [5.74, 6) is -1.90. The van der Waals surface area contributed by atoms with E-state index in [4.69, 9.17) is 4.74 Å². The number of pyridine rings is 1. The van der Waals surface area contributed by atoms with Crippen molar-refractivity contribution in [2.75, 3.05) is 0 Å². The summed E-state index contributed by atoms with van der Waals surface area (Å²) in [4.78, 5) is 37.4. The normalized spacial score (nSPS) is 13.7. The van der Waals surface area contributed by atoms with E-state index in [1.165, 1.54) is 12.1 Å². The van der Waals surface area contributed by atoms with Crippen molar-refractivity contribution < 1.29 is 24.4 Å². The van der Waals surface area contributed by atoms with E-state index in [2.05, 4.69) is 10.3 Å². The van der Waals surface area contributed by atoms with Crippen molar-refractivity contribution >= 4 is 17.7 Å². The van der Waals surface area contributed by atoms with E-state index in [-0.39, 0.29) is 5.69 Å². The molecule has 0 bridgehead atoms. The lowest BCUT2D eigenvalue weighted by molar-refractivity contribution is -0.385. The number of carboxylic acid groups (broad SMARTS) is 1. The predicted molar refractivity (Wildman–Crippen MR) is 84.7 cm³/mol. The van der Waals surface area contributed by atoms with Gasteiger partial charge in [0.2, 0.25) is 0 Å². The van der Waals surface area contributed by atoms with Crippen LogP contribution >= 0.6 is 0 Å². The molecule has 1 heterocycles. The smallest absolute Gasteiger partial charge is 0.408 e. The number of nitrogens with one attached hydrogen (secondary N) is 1. The van der Waals surface area contributed by atoms with Crippen LogP contribution in [-0.2, 0) is 9.53 Å². The first kappa shape index (κ1) is 19.3. The Kier molecular flexibility index (Phi) is 6.21. The summed E-state index contributed by atoms with van der Waals surface area (Å²) in [7, 11) is 0. The maximum Gasteiger partial charge on any atom is 0.408 e. The molecule has 0 aliphatic carbocycles. The van der Waals surface area contributed by atoms with E-state index in [0.29, 0.717) is 12.1 Å². The zero-order valence-electron chi connectivity index (χ0n) is 14.0. The van der Waals surface area contributed by atoms with E-state index in [1.807, 2.05) is 0 Å². The molecule has 0 fully saturated rings. The van der Waals surface area contributed by atoms with Crippen LogP contribution in [0.15, 0.2) is 18.3 Å². The van der Waals surface area contributed by atoms with Gasteiger partial charge in [-0.05, 0) is 33.3 Å². The first-order valence-corrected chi connectivity index (χ1v) is 7.37. The molecule has 9 heteroatoms. The average Bonchev–Trinajstić information content (AvgIpc) is 2.45. The number of aliphatic carboxylic acids is 1. The highest BCUT2D eigenvalue weighted by atomic mass is 16.6. The van der Waals surface area contributed by atoms with Crippen LogP contribution in [0.5, 0.6) is 0 Å². The van der Waals surface area contributed by atoms with Gasteiger partial charge in [-0.3, -0.25) is 15.1 Å². The minimum Gasteiger partial charge on any atom is -0.480 e. The van der Waals surface area contributed by atoms with Gasteiger partial charge >= 0.3 is 12.1 Å². The Morgan fingerprint density at radius 1 is 1.42 bits per heavy atom. The molecule has 2 N–H and O–H groups in total. The number of ether oxygens (including phenoxy) is 1. The van der Waals surface area contributed by atoms with Crippen LogP contribution in [0.2, 0.25) is 0 Å². The highest BCUT2D eigenvalue weighted by Crippen LogP contribution is 2.24. The molecular weight excluding hydrogens is 318 g/mol. The van der Waals surface area contributed by atoms with Crippen LogP contribution in [0.1, 0.15) is 45.7 Å². The minimum atomic E-state index is -1.26. The van der Waals surface area contributed by atoms with Crippen molar-refractivity contribution in [3.05, 3.63) is 34.1 Å². The van der Waals surface area contributed by atoms with Crippen molar-refractivity contribution in [1.82, 2.24) is 10.3 Å². The van der Waals surface area contributed by atoms with Crippen molar-refractivity contribution in [1.29, 1.82) is 0 Å². The lowest BCUT2D eigenvalue weighted by atomic mass is 9.93. The van der Waals surface area contributed by atoms with Gasteiger partial charge < -0.3 is 15.2 Å². The van der Waals surface area contributed by atoms with Gasteiger partial charge in [-0.2, -0.15) is 0 Å². The Hall–Kier alpha value is -2.71. The molecule has 2 atom stereocenters. The Bertz CT molecular complexity index is 609. The molecule has 0 spiro atoms. The number of carbonyl (C=O) groups is 2. The fourth-order valence-corrected chi connectivity index (χ4v) is 2.11. The Balaban J connectivity index is 3.00. The molecule has 0 aliphatic rings. The summed E-state index contributed by atoms with van der Waals surface area (Å²) in [6.45, 7) is 6.73. The second-order valence-corrected chi connectivity index (χ2v) is 6.18. The third kappa shape index (κ3) is 5.49. The number of nitrogens with zero attached hydrogens (tertiary/aromatic N) is 2. The first-order valence-electron chi connectivity index (χ1n) is 7.37. The van der Waals surface area contributed by atoms with Crippen molar-refractivity contribution in [3.8, 4) is 0 Å². The molecule has 1 amide bonds. The summed E-state index contributed by atoms with van der Waals surface area (Å²) >= 11 is 0. The number of carboxylic acids is 1. The number of amides is 1. The van der Waals surface area contributed by atoms with Crippen LogP contribution < -0.4 is 5.32 Å². The SMILES string of the molecule is CCC(c1ccc([N+](=O)[O-])cn1)[C@H](NC(=O)OC(C)(C)C)C(=O)O. The molecule has 1 aromatic rings. The Morgan fingerprint density at radius 3 is 2.42 bits per heavy atom. The fraction of sp³-hybridized carbons (Fsp3) is 0.533. The van der Waals surface area contributed by atoms with Crippen LogP contribution in [0, 0.1) is 10.1 Å². The fourth-order valence-electron chi connectivity index (χ4n) is 2.11. The molecule has 1 unspecified atom stereocenters. The molecule has 1 rings (SSSR count). The van der Waals surface area contributed by atoms with Crippen molar-refractivity contribution in [2.24, 2.45) is 0 Å². The van der Waals surface area contributed by atoms with E-state index >= 15 is 0 Å². The van der Waals surface area contributed by atoms with Crippen LogP contribution in [0.4, 0.5) is 10.5 Å². The molecule has 9 nitrogen and oxygen atoms in total. The summed E-state index contributed by atoms with van der Waals surface area (Å²) < 4.78 is 5.08. The highest BCUT2D eigenvalue weighted by Gasteiger charge is 2.32. The van der Waals surface area contributed by atoms with Crippen molar-refractivity contribution in [3.63, 3.8) is 0 Å². The zero-order chi connectivity index (χ0) is 18.5. The van der Waals surface area contributed by atoms with Crippen molar-refractivity contribution in [2.45, 2.75) is 51.7 Å². The van der Waals surface area contributed by atoms with Gasteiger partial charge in [0.1, 0.15) is 17.8 Å². The standard InChI is InChI=1S/C15H21N3O6/c1-5-10(11-7-6-9(8-16-11)18(22)23)12(13(19)20)17-14(21)24-15(2,3)4/h6-8,10,12H,5H2,1-4H3,(H,17,21)(H,19,20)/t10?,12-/m0/s1. The predicted octanol–water partition coefficient (Wildman–Crippen LogP) is 2.46. The lowest BCUT2D eigenvalue weighted by Crippen LogP contribution is -2.46. The number of hydrogen-bond donors (Lipinski definition) is 2. The van der Waals surface area contributed by atoms with E-state index in [9.17, 15) is 24.8 Å². The highest BCUT2D eigenvalue weighted by molar-refractivity contribution is 5.81. The number of carbonyl (C=O) groups excluding carboxylic acids is 1. The minimum absolute atomic E-state index is 0.194. The molecule has 0 aromatic carbocycles. The number of aromatic nitrogens is 1. The average molecular weight is 339 g/mol.